The molecule has 0 radical (unpaired) electrons. The molecule has 0 aliphatic carbocycles. The van der Waals surface area contributed by atoms with Gasteiger partial charge in [-0.1, -0.05) is 19.8 Å². The van der Waals surface area contributed by atoms with Crippen molar-refractivity contribution in [2.45, 2.75) is 26.2 Å². The van der Waals surface area contributed by atoms with Crippen LogP contribution >= 0.6 is 11.5 Å². The van der Waals surface area contributed by atoms with Crippen LogP contribution in [0.3, 0.4) is 0 Å². The van der Waals surface area contributed by atoms with Gasteiger partial charge in [0, 0.05) is 19.7 Å². The van der Waals surface area contributed by atoms with E-state index in [9.17, 15) is 0 Å². The molecule has 1 aromatic heterocycles. The number of nitrogen functional groups attached to an aromatic ring is 1. The molecular weight excluding hydrogens is 182 g/mol. The smallest absolute Gasteiger partial charge is 0.139 e. The number of anilines is 2. The molecule has 4 heteroatoms. The van der Waals surface area contributed by atoms with E-state index in [4.69, 9.17) is 5.73 Å². The van der Waals surface area contributed by atoms with Crippen LogP contribution in [0.1, 0.15) is 26.2 Å². The van der Waals surface area contributed by atoms with Crippen LogP contribution in [-0.2, 0) is 0 Å². The molecule has 0 bridgehead atoms. The molecule has 0 atom stereocenters. The Morgan fingerprint density at radius 2 is 2.31 bits per heavy atom. The van der Waals surface area contributed by atoms with Gasteiger partial charge in [0.2, 0.25) is 0 Å². The van der Waals surface area contributed by atoms with Crippen molar-refractivity contribution in [1.82, 2.24) is 4.37 Å². The summed E-state index contributed by atoms with van der Waals surface area (Å²) in [6, 6.07) is 1.93. The Labute approximate surface area is 83.7 Å². The molecule has 2 N–H and O–H groups in total. The third-order valence-corrected chi connectivity index (χ3v) is 2.91. The van der Waals surface area contributed by atoms with Crippen LogP contribution < -0.4 is 10.6 Å². The lowest BCUT2D eigenvalue weighted by Crippen LogP contribution is -2.16. The summed E-state index contributed by atoms with van der Waals surface area (Å²) in [5, 5.41) is 1.16. The van der Waals surface area contributed by atoms with Crippen LogP contribution in [0.2, 0.25) is 0 Å². The summed E-state index contributed by atoms with van der Waals surface area (Å²) in [7, 11) is 2.09. The molecule has 0 aliphatic heterocycles. The first-order valence-corrected chi connectivity index (χ1v) is 5.44. The van der Waals surface area contributed by atoms with Gasteiger partial charge >= 0.3 is 0 Å². The fourth-order valence-corrected chi connectivity index (χ4v) is 1.82. The predicted octanol–water partition coefficient (Wildman–Crippen LogP) is 2.35. The summed E-state index contributed by atoms with van der Waals surface area (Å²) >= 11 is 1.47. The van der Waals surface area contributed by atoms with Crippen molar-refractivity contribution in [2.24, 2.45) is 0 Å². The summed E-state index contributed by atoms with van der Waals surface area (Å²) < 4.78 is 4.04. The Hall–Kier alpha value is -0.770. The van der Waals surface area contributed by atoms with E-state index in [2.05, 4.69) is 23.2 Å². The number of hydrogen-bond donors (Lipinski definition) is 1. The lowest BCUT2D eigenvalue weighted by Gasteiger charge is -2.15. The first kappa shape index (κ1) is 10.3. The normalized spacial score (nSPS) is 10.3. The van der Waals surface area contributed by atoms with Crippen LogP contribution in [0.15, 0.2) is 6.07 Å². The van der Waals surface area contributed by atoms with Crippen LogP contribution in [0.25, 0.3) is 0 Å². The van der Waals surface area contributed by atoms with Gasteiger partial charge in [0.25, 0.3) is 0 Å². The molecule has 0 spiro atoms. The predicted molar refractivity (Wildman–Crippen MR) is 59.3 cm³/mol. The van der Waals surface area contributed by atoms with Crippen LogP contribution in [0, 0.1) is 0 Å². The van der Waals surface area contributed by atoms with Crippen molar-refractivity contribution >= 4 is 22.4 Å². The summed E-state index contributed by atoms with van der Waals surface area (Å²) in [6.07, 6.45) is 3.79. The molecule has 13 heavy (non-hydrogen) atoms. The zero-order chi connectivity index (χ0) is 9.68. The van der Waals surface area contributed by atoms with Crippen molar-refractivity contribution in [3.63, 3.8) is 0 Å². The highest BCUT2D eigenvalue weighted by atomic mass is 32.1. The second-order valence-corrected chi connectivity index (χ2v) is 4.00. The molecular formula is C9H17N3S. The molecule has 0 saturated carbocycles. The first-order valence-electron chi connectivity index (χ1n) is 4.67. The second-order valence-electron chi connectivity index (χ2n) is 3.22. The van der Waals surface area contributed by atoms with Crippen LogP contribution in [-0.4, -0.2) is 18.0 Å². The summed E-state index contributed by atoms with van der Waals surface area (Å²) in [5.41, 5.74) is 5.54. The molecule has 0 amide bonds. The highest BCUT2D eigenvalue weighted by Gasteiger charge is 2.03. The Morgan fingerprint density at radius 1 is 1.54 bits per heavy atom. The molecule has 0 fully saturated rings. The van der Waals surface area contributed by atoms with Gasteiger partial charge < -0.3 is 10.6 Å². The number of nitrogens with two attached hydrogens (primary N) is 1. The van der Waals surface area contributed by atoms with Gasteiger partial charge in [0.1, 0.15) is 10.8 Å². The Morgan fingerprint density at radius 3 is 2.85 bits per heavy atom. The maximum absolute atomic E-state index is 5.54. The van der Waals surface area contributed by atoms with E-state index in [-0.39, 0.29) is 0 Å². The molecule has 0 unspecified atom stereocenters. The zero-order valence-corrected chi connectivity index (χ0v) is 9.10. The van der Waals surface area contributed by atoms with Gasteiger partial charge in [-0.2, -0.15) is 4.37 Å². The minimum Gasteiger partial charge on any atom is -0.383 e. The lowest BCUT2D eigenvalue weighted by molar-refractivity contribution is 0.707. The topological polar surface area (TPSA) is 42.1 Å². The SMILES string of the molecule is CCCCCN(C)c1cc(N)ns1. The van der Waals surface area contributed by atoms with Crippen molar-refractivity contribution in [2.75, 3.05) is 24.2 Å². The van der Waals surface area contributed by atoms with E-state index in [0.717, 1.165) is 11.5 Å². The molecule has 3 nitrogen and oxygen atoms in total. The fraction of sp³-hybridized carbons (Fsp3) is 0.667. The maximum Gasteiger partial charge on any atom is 0.139 e. The molecule has 74 valence electrons. The molecule has 0 saturated heterocycles. The van der Waals surface area contributed by atoms with Gasteiger partial charge in [-0.15, -0.1) is 0 Å². The van der Waals surface area contributed by atoms with E-state index in [1.54, 1.807) is 0 Å². The molecule has 0 aliphatic rings. The quantitative estimate of drug-likeness (QED) is 0.740. The van der Waals surface area contributed by atoms with Crippen molar-refractivity contribution in [3.8, 4) is 0 Å². The van der Waals surface area contributed by atoms with Crippen LogP contribution in [0.5, 0.6) is 0 Å². The van der Waals surface area contributed by atoms with Gasteiger partial charge in [0.15, 0.2) is 0 Å². The number of unbranched alkanes of at least 4 members (excludes halogenated alkanes) is 2. The van der Waals surface area contributed by atoms with Crippen molar-refractivity contribution < 1.29 is 0 Å². The summed E-state index contributed by atoms with van der Waals surface area (Å²) in [6.45, 7) is 3.31. The monoisotopic (exact) mass is 199 g/mol. The maximum atomic E-state index is 5.54. The minimum atomic E-state index is 0.627. The highest BCUT2D eigenvalue weighted by Crippen LogP contribution is 2.21. The largest absolute Gasteiger partial charge is 0.383 e. The third kappa shape index (κ3) is 3.22. The number of hydrogen-bond acceptors (Lipinski definition) is 4. The Kier molecular flexibility index (Phi) is 4.02. The molecule has 1 aromatic rings. The molecule has 1 rings (SSSR count). The van der Waals surface area contributed by atoms with E-state index in [1.807, 2.05) is 6.07 Å². The van der Waals surface area contributed by atoms with Crippen molar-refractivity contribution in [3.05, 3.63) is 6.07 Å². The molecule has 1 heterocycles. The highest BCUT2D eigenvalue weighted by molar-refractivity contribution is 7.10. The standard InChI is InChI=1S/C9H17N3S/c1-3-4-5-6-12(2)9-7-8(10)11-13-9/h7H,3-6H2,1-2H3,(H2,10,11). The van der Waals surface area contributed by atoms with E-state index in [0.29, 0.717) is 5.82 Å². The van der Waals surface area contributed by atoms with E-state index in [1.165, 1.54) is 30.8 Å². The minimum absolute atomic E-state index is 0.627. The Balaban J connectivity index is 2.35. The molecule has 0 aromatic carbocycles. The van der Waals surface area contributed by atoms with E-state index < -0.39 is 0 Å². The van der Waals surface area contributed by atoms with E-state index >= 15 is 0 Å². The fourth-order valence-electron chi connectivity index (χ4n) is 1.17. The van der Waals surface area contributed by atoms with Gasteiger partial charge in [-0.05, 0) is 18.0 Å². The Bertz CT molecular complexity index is 247. The van der Waals surface area contributed by atoms with Gasteiger partial charge in [0.05, 0.1) is 0 Å². The third-order valence-electron chi connectivity index (χ3n) is 1.99. The first-order chi connectivity index (χ1) is 6.24. The lowest BCUT2D eigenvalue weighted by atomic mass is 10.2. The number of nitrogens with zero attached hydrogens (tertiary/aromatic N) is 2. The van der Waals surface area contributed by atoms with Crippen LogP contribution in [0.4, 0.5) is 10.8 Å². The zero-order valence-electron chi connectivity index (χ0n) is 8.29. The number of aromatic nitrogens is 1. The number of rotatable bonds is 5. The summed E-state index contributed by atoms with van der Waals surface area (Å²) in [5.74, 6) is 0.627. The average Bonchev–Trinajstić information content (AvgIpc) is 2.52. The van der Waals surface area contributed by atoms with Gasteiger partial charge in [-0.3, -0.25) is 0 Å². The summed E-state index contributed by atoms with van der Waals surface area (Å²) in [4.78, 5) is 2.21. The van der Waals surface area contributed by atoms with Gasteiger partial charge in [-0.25, -0.2) is 0 Å². The second kappa shape index (κ2) is 5.07. The average molecular weight is 199 g/mol. The van der Waals surface area contributed by atoms with Crippen molar-refractivity contribution in [1.29, 1.82) is 0 Å².